The molecule has 0 fully saturated rings. The average molecular weight is 328 g/mol. The number of hydrogen-bond acceptors (Lipinski definition) is 5. The number of nitrogens with one attached hydrogen (secondary N) is 1. The van der Waals surface area contributed by atoms with Crippen molar-refractivity contribution in [3.63, 3.8) is 0 Å². The Balaban J connectivity index is 2.45. The second kappa shape index (κ2) is 8.01. The Morgan fingerprint density at radius 1 is 1.39 bits per heavy atom. The van der Waals surface area contributed by atoms with Gasteiger partial charge >= 0.3 is 6.09 Å². The molecule has 0 bridgehead atoms. The fourth-order valence-corrected chi connectivity index (χ4v) is 1.80. The van der Waals surface area contributed by atoms with Crippen molar-refractivity contribution >= 4 is 11.8 Å². The number of rotatable bonds is 6. The van der Waals surface area contributed by atoms with Crippen LogP contribution in [0.25, 0.3) is 0 Å². The van der Waals surface area contributed by atoms with Crippen molar-refractivity contribution in [1.29, 1.82) is 0 Å². The summed E-state index contributed by atoms with van der Waals surface area (Å²) >= 11 is 0. The Labute approximate surface area is 136 Å². The highest BCUT2D eigenvalue weighted by molar-refractivity contribution is 5.68. The summed E-state index contributed by atoms with van der Waals surface area (Å²) in [6.45, 7) is 7.37. The zero-order valence-electron chi connectivity index (χ0n) is 14.2. The van der Waals surface area contributed by atoms with Crippen LogP contribution < -0.4 is 15.8 Å². The summed E-state index contributed by atoms with van der Waals surface area (Å²) in [4.78, 5) is 11.6. The Morgan fingerprint density at radius 2 is 2.04 bits per heavy atom. The minimum absolute atomic E-state index is 0.0420. The lowest BCUT2D eigenvalue weighted by molar-refractivity contribution is 0.0440. The van der Waals surface area contributed by atoms with Crippen molar-refractivity contribution in [2.75, 3.05) is 19.5 Å². The molecule has 6 nitrogen and oxygen atoms in total. The molecule has 23 heavy (non-hydrogen) atoms. The van der Waals surface area contributed by atoms with E-state index in [1.807, 2.05) is 0 Å². The molecule has 1 aromatic rings. The Morgan fingerprint density at radius 3 is 2.61 bits per heavy atom. The monoisotopic (exact) mass is 328 g/mol. The van der Waals surface area contributed by atoms with Gasteiger partial charge in [-0.1, -0.05) is 0 Å². The molecule has 3 N–H and O–H groups in total. The van der Waals surface area contributed by atoms with Gasteiger partial charge in [0.15, 0.2) is 0 Å². The Hall–Kier alpha value is -2.02. The first-order valence-electron chi connectivity index (χ1n) is 7.31. The van der Waals surface area contributed by atoms with Crippen molar-refractivity contribution in [2.45, 2.75) is 45.9 Å². The van der Waals surface area contributed by atoms with Crippen molar-refractivity contribution in [2.24, 2.45) is 0 Å². The van der Waals surface area contributed by atoms with Crippen LogP contribution in [0.1, 0.15) is 33.3 Å². The molecule has 0 saturated carbocycles. The fourth-order valence-electron chi connectivity index (χ4n) is 1.80. The number of amides is 1. The molecule has 0 heterocycles. The minimum atomic E-state index is -0.561. The summed E-state index contributed by atoms with van der Waals surface area (Å²) in [7, 11) is 1.42. The van der Waals surface area contributed by atoms with Crippen molar-refractivity contribution < 1.29 is 23.4 Å². The minimum Gasteiger partial charge on any atom is -0.494 e. The van der Waals surface area contributed by atoms with Gasteiger partial charge in [0.05, 0.1) is 32.1 Å². The molecule has 0 saturated heterocycles. The first-order chi connectivity index (χ1) is 10.6. The molecular weight excluding hydrogens is 303 g/mol. The number of carbonyl (C=O) groups is 1. The van der Waals surface area contributed by atoms with Crippen LogP contribution in [-0.2, 0) is 16.1 Å². The number of halogens is 1. The SMILES string of the molecule is COc1cc(F)c(COC[C@@H](C)NC(=O)OC(C)(C)C)cc1N. The highest BCUT2D eigenvalue weighted by Gasteiger charge is 2.17. The summed E-state index contributed by atoms with van der Waals surface area (Å²) in [5.41, 5.74) is 5.84. The van der Waals surface area contributed by atoms with Crippen molar-refractivity contribution in [1.82, 2.24) is 5.32 Å². The van der Waals surface area contributed by atoms with Crippen LogP contribution in [0.3, 0.4) is 0 Å². The van der Waals surface area contributed by atoms with Gasteiger partial charge in [-0.3, -0.25) is 0 Å². The molecular formula is C16H25FN2O4. The second-order valence-corrected chi connectivity index (χ2v) is 6.25. The summed E-state index contributed by atoms with van der Waals surface area (Å²) in [5, 5.41) is 2.64. The molecule has 0 aromatic heterocycles. The first-order valence-corrected chi connectivity index (χ1v) is 7.31. The molecule has 1 atom stereocenters. The first kappa shape index (κ1) is 19.0. The summed E-state index contributed by atoms with van der Waals surface area (Å²) in [5.74, 6) is -0.171. The van der Waals surface area contributed by atoms with E-state index >= 15 is 0 Å². The van der Waals surface area contributed by atoms with E-state index in [0.29, 0.717) is 11.3 Å². The highest BCUT2D eigenvalue weighted by Crippen LogP contribution is 2.25. The molecule has 0 unspecified atom stereocenters. The quantitative estimate of drug-likeness (QED) is 0.785. The Kier molecular flexibility index (Phi) is 6.62. The standard InChI is InChI=1S/C16H25FN2O4/c1-10(19-15(20)23-16(2,3)4)8-22-9-11-6-13(18)14(21-5)7-12(11)17/h6-7,10H,8-9,18H2,1-5H3,(H,19,20)/t10-/m1/s1. The lowest BCUT2D eigenvalue weighted by atomic mass is 10.2. The third-order valence-electron chi connectivity index (χ3n) is 2.79. The number of alkyl carbamates (subject to hydrolysis) is 1. The largest absolute Gasteiger partial charge is 0.494 e. The van der Waals surface area contributed by atoms with Gasteiger partial charge in [-0.25, -0.2) is 9.18 Å². The molecule has 0 aliphatic carbocycles. The zero-order chi connectivity index (χ0) is 17.6. The predicted molar refractivity (Wildman–Crippen MR) is 85.9 cm³/mol. The third kappa shape index (κ3) is 6.73. The van der Waals surface area contributed by atoms with Gasteiger partial charge in [-0.2, -0.15) is 0 Å². The maximum atomic E-state index is 13.8. The number of benzene rings is 1. The van der Waals surface area contributed by atoms with E-state index in [0.717, 1.165) is 0 Å². The van der Waals surface area contributed by atoms with Gasteiger partial charge < -0.3 is 25.3 Å². The molecule has 0 radical (unpaired) electrons. The molecule has 0 spiro atoms. The van der Waals surface area contributed by atoms with Gasteiger partial charge in [-0.15, -0.1) is 0 Å². The molecule has 0 aliphatic rings. The average Bonchev–Trinajstić information content (AvgIpc) is 2.39. The van der Waals surface area contributed by atoms with Crippen LogP contribution in [-0.4, -0.2) is 31.5 Å². The maximum absolute atomic E-state index is 13.8. The van der Waals surface area contributed by atoms with Gasteiger partial charge in [0.1, 0.15) is 17.2 Å². The van der Waals surface area contributed by atoms with Crippen LogP contribution in [0.4, 0.5) is 14.9 Å². The van der Waals surface area contributed by atoms with Gasteiger partial charge in [0.2, 0.25) is 0 Å². The van der Waals surface area contributed by atoms with E-state index < -0.39 is 17.5 Å². The van der Waals surface area contributed by atoms with E-state index in [1.54, 1.807) is 27.7 Å². The number of anilines is 1. The molecule has 7 heteroatoms. The van der Waals surface area contributed by atoms with Crippen LogP contribution in [0.2, 0.25) is 0 Å². The number of nitrogens with two attached hydrogens (primary N) is 1. The van der Waals surface area contributed by atoms with E-state index in [9.17, 15) is 9.18 Å². The van der Waals surface area contributed by atoms with Crippen LogP contribution >= 0.6 is 0 Å². The second-order valence-electron chi connectivity index (χ2n) is 6.25. The van der Waals surface area contributed by atoms with Gasteiger partial charge in [-0.05, 0) is 33.8 Å². The van der Waals surface area contributed by atoms with E-state index in [2.05, 4.69) is 5.32 Å². The molecule has 1 aromatic carbocycles. The predicted octanol–water partition coefficient (Wildman–Crippen LogP) is 2.85. The van der Waals surface area contributed by atoms with E-state index in [1.165, 1.54) is 19.2 Å². The highest BCUT2D eigenvalue weighted by atomic mass is 19.1. The number of nitrogen functional groups attached to an aromatic ring is 1. The van der Waals surface area contributed by atoms with Crippen LogP contribution in [0.5, 0.6) is 5.75 Å². The van der Waals surface area contributed by atoms with Crippen LogP contribution in [0, 0.1) is 5.82 Å². The van der Waals surface area contributed by atoms with Gasteiger partial charge in [0.25, 0.3) is 0 Å². The fraction of sp³-hybridized carbons (Fsp3) is 0.562. The van der Waals surface area contributed by atoms with Crippen molar-refractivity contribution in [3.05, 3.63) is 23.5 Å². The lowest BCUT2D eigenvalue weighted by Gasteiger charge is -2.22. The number of methoxy groups -OCH3 is 1. The zero-order valence-corrected chi connectivity index (χ0v) is 14.2. The maximum Gasteiger partial charge on any atom is 0.407 e. The lowest BCUT2D eigenvalue weighted by Crippen LogP contribution is -2.39. The number of hydrogen-bond donors (Lipinski definition) is 2. The van der Waals surface area contributed by atoms with Gasteiger partial charge in [0, 0.05) is 11.6 Å². The number of carbonyl (C=O) groups excluding carboxylic acids is 1. The molecule has 0 aliphatic heterocycles. The summed E-state index contributed by atoms with van der Waals surface area (Å²) in [6, 6.07) is 2.42. The smallest absolute Gasteiger partial charge is 0.407 e. The normalized spacial score (nSPS) is 12.6. The molecule has 130 valence electrons. The van der Waals surface area contributed by atoms with Crippen LogP contribution in [0.15, 0.2) is 12.1 Å². The Bertz CT molecular complexity index is 544. The summed E-state index contributed by atoms with van der Waals surface area (Å²) in [6.07, 6.45) is -0.520. The molecule has 1 amide bonds. The summed E-state index contributed by atoms with van der Waals surface area (Å²) < 4.78 is 29.3. The topological polar surface area (TPSA) is 82.8 Å². The van der Waals surface area contributed by atoms with E-state index in [4.69, 9.17) is 19.9 Å². The van der Waals surface area contributed by atoms with Crippen molar-refractivity contribution in [3.8, 4) is 5.75 Å². The third-order valence-corrected chi connectivity index (χ3v) is 2.79. The number of ether oxygens (including phenoxy) is 3. The van der Waals surface area contributed by atoms with E-state index in [-0.39, 0.29) is 25.0 Å². The molecule has 1 rings (SSSR count).